The fourth-order valence-corrected chi connectivity index (χ4v) is 3.51. The molecule has 1 aromatic heterocycles. The zero-order chi connectivity index (χ0) is 13.5. The van der Waals surface area contributed by atoms with E-state index in [9.17, 15) is 0 Å². The summed E-state index contributed by atoms with van der Waals surface area (Å²) in [5, 5.41) is 7.08. The number of hydrogen-bond donors (Lipinski definition) is 1. The van der Waals surface area contributed by atoms with Gasteiger partial charge in [-0.05, 0) is 45.3 Å². The maximum atomic E-state index is 4.41. The Balaban J connectivity index is 1.71. The Bertz CT molecular complexity index is 339. The van der Waals surface area contributed by atoms with E-state index in [0.717, 1.165) is 6.54 Å². The second kappa shape index (κ2) is 7.98. The fourth-order valence-electron chi connectivity index (χ4n) is 2.81. The maximum absolute atomic E-state index is 4.41. The number of thiazole rings is 1. The first-order valence-electron chi connectivity index (χ1n) is 7.64. The molecular weight excluding hydrogens is 254 g/mol. The standard InChI is InChI=1S/C15H27N3S/c1-3-8-18-9-4-5-14(6-10-18)17-12-13(2)15-16-7-11-19-15/h7,11,13-14,17H,3-6,8-10,12H2,1-2H3. The Morgan fingerprint density at radius 3 is 3.11 bits per heavy atom. The van der Waals surface area contributed by atoms with E-state index in [1.807, 2.05) is 6.20 Å². The van der Waals surface area contributed by atoms with Crippen LogP contribution in [-0.4, -0.2) is 42.1 Å². The van der Waals surface area contributed by atoms with E-state index in [1.54, 1.807) is 11.3 Å². The van der Waals surface area contributed by atoms with Crippen molar-refractivity contribution >= 4 is 11.3 Å². The summed E-state index contributed by atoms with van der Waals surface area (Å²) in [6.45, 7) is 9.42. The first-order chi connectivity index (χ1) is 9.29. The van der Waals surface area contributed by atoms with Crippen LogP contribution in [0.1, 0.15) is 50.5 Å². The molecule has 1 saturated heterocycles. The van der Waals surface area contributed by atoms with Gasteiger partial charge in [-0.1, -0.05) is 13.8 Å². The molecule has 1 N–H and O–H groups in total. The minimum Gasteiger partial charge on any atom is -0.313 e. The number of hydrogen-bond acceptors (Lipinski definition) is 4. The topological polar surface area (TPSA) is 28.2 Å². The third kappa shape index (κ3) is 4.86. The van der Waals surface area contributed by atoms with E-state index >= 15 is 0 Å². The Labute approximate surface area is 121 Å². The SMILES string of the molecule is CCCN1CCCC(NCC(C)c2nccs2)CC1. The van der Waals surface area contributed by atoms with Crippen LogP contribution in [-0.2, 0) is 0 Å². The van der Waals surface area contributed by atoms with Crippen LogP contribution in [0.4, 0.5) is 0 Å². The van der Waals surface area contributed by atoms with Crippen molar-refractivity contribution in [3.8, 4) is 0 Å². The first kappa shape index (κ1) is 14.9. The molecule has 19 heavy (non-hydrogen) atoms. The summed E-state index contributed by atoms with van der Waals surface area (Å²) in [7, 11) is 0. The largest absolute Gasteiger partial charge is 0.313 e. The smallest absolute Gasteiger partial charge is 0.0965 e. The average Bonchev–Trinajstić information content (AvgIpc) is 2.86. The maximum Gasteiger partial charge on any atom is 0.0965 e. The molecule has 1 aliphatic rings. The molecule has 3 nitrogen and oxygen atoms in total. The van der Waals surface area contributed by atoms with E-state index < -0.39 is 0 Å². The van der Waals surface area contributed by atoms with Crippen LogP contribution in [0, 0.1) is 0 Å². The number of likely N-dealkylation sites (tertiary alicyclic amines) is 1. The molecule has 2 atom stereocenters. The van der Waals surface area contributed by atoms with Crippen LogP contribution in [0.15, 0.2) is 11.6 Å². The third-order valence-electron chi connectivity index (χ3n) is 3.95. The number of rotatable bonds is 6. The average molecular weight is 281 g/mol. The molecule has 2 unspecified atom stereocenters. The van der Waals surface area contributed by atoms with E-state index in [1.165, 1.54) is 50.3 Å². The van der Waals surface area contributed by atoms with Gasteiger partial charge >= 0.3 is 0 Å². The number of aromatic nitrogens is 1. The third-order valence-corrected chi connectivity index (χ3v) is 4.95. The minimum atomic E-state index is 0.537. The summed E-state index contributed by atoms with van der Waals surface area (Å²) in [5.41, 5.74) is 0. The lowest BCUT2D eigenvalue weighted by Gasteiger charge is -2.20. The van der Waals surface area contributed by atoms with Crippen LogP contribution < -0.4 is 5.32 Å². The van der Waals surface area contributed by atoms with Crippen molar-refractivity contribution in [2.75, 3.05) is 26.2 Å². The molecule has 2 heterocycles. The molecule has 108 valence electrons. The van der Waals surface area contributed by atoms with Gasteiger partial charge in [-0.2, -0.15) is 0 Å². The van der Waals surface area contributed by atoms with Gasteiger partial charge in [-0.15, -0.1) is 11.3 Å². The summed E-state index contributed by atoms with van der Waals surface area (Å²) in [6, 6.07) is 0.698. The lowest BCUT2D eigenvalue weighted by atomic mass is 10.1. The summed E-state index contributed by atoms with van der Waals surface area (Å²) in [4.78, 5) is 7.02. The molecule has 1 fully saturated rings. The molecule has 0 spiro atoms. The van der Waals surface area contributed by atoms with Crippen molar-refractivity contribution in [3.63, 3.8) is 0 Å². The van der Waals surface area contributed by atoms with Gasteiger partial charge in [0.05, 0.1) is 5.01 Å². The zero-order valence-corrected chi connectivity index (χ0v) is 13.1. The van der Waals surface area contributed by atoms with Crippen molar-refractivity contribution in [3.05, 3.63) is 16.6 Å². The van der Waals surface area contributed by atoms with E-state index in [2.05, 4.69) is 34.4 Å². The van der Waals surface area contributed by atoms with E-state index in [-0.39, 0.29) is 0 Å². The fraction of sp³-hybridized carbons (Fsp3) is 0.800. The van der Waals surface area contributed by atoms with Gasteiger partial charge in [0.2, 0.25) is 0 Å². The molecule has 4 heteroatoms. The lowest BCUT2D eigenvalue weighted by molar-refractivity contribution is 0.282. The van der Waals surface area contributed by atoms with Crippen LogP contribution in [0.25, 0.3) is 0 Å². The molecule has 2 rings (SSSR count). The second-order valence-corrected chi connectivity index (χ2v) is 6.58. The monoisotopic (exact) mass is 281 g/mol. The van der Waals surface area contributed by atoms with Gasteiger partial charge in [0.15, 0.2) is 0 Å². The van der Waals surface area contributed by atoms with Gasteiger partial charge < -0.3 is 10.2 Å². The van der Waals surface area contributed by atoms with Crippen LogP contribution in [0.2, 0.25) is 0 Å². The van der Waals surface area contributed by atoms with Crippen LogP contribution in [0.5, 0.6) is 0 Å². The molecular formula is C15H27N3S. The van der Waals surface area contributed by atoms with E-state index in [0.29, 0.717) is 12.0 Å². The summed E-state index contributed by atoms with van der Waals surface area (Å²) in [5.74, 6) is 0.537. The first-order valence-corrected chi connectivity index (χ1v) is 8.52. The quantitative estimate of drug-likeness (QED) is 0.868. The number of nitrogens with zero attached hydrogens (tertiary/aromatic N) is 2. The van der Waals surface area contributed by atoms with Crippen LogP contribution in [0.3, 0.4) is 0 Å². The van der Waals surface area contributed by atoms with Crippen molar-refractivity contribution in [2.45, 2.75) is 51.5 Å². The molecule has 0 saturated carbocycles. The normalized spacial score (nSPS) is 23.2. The Kier molecular flexibility index (Phi) is 6.28. The zero-order valence-electron chi connectivity index (χ0n) is 12.3. The molecule has 1 aromatic rings. The lowest BCUT2D eigenvalue weighted by Crippen LogP contribution is -2.33. The van der Waals surface area contributed by atoms with Gasteiger partial charge in [0.25, 0.3) is 0 Å². The molecule has 0 bridgehead atoms. The highest BCUT2D eigenvalue weighted by molar-refractivity contribution is 7.09. The van der Waals surface area contributed by atoms with Crippen molar-refractivity contribution in [2.24, 2.45) is 0 Å². The second-order valence-electron chi connectivity index (χ2n) is 5.65. The number of nitrogens with one attached hydrogen (secondary N) is 1. The molecule has 0 aromatic carbocycles. The van der Waals surface area contributed by atoms with Crippen molar-refractivity contribution in [1.29, 1.82) is 0 Å². The summed E-state index contributed by atoms with van der Waals surface area (Å²) >= 11 is 1.77. The van der Waals surface area contributed by atoms with Crippen molar-refractivity contribution < 1.29 is 0 Å². The van der Waals surface area contributed by atoms with Gasteiger partial charge in [-0.3, -0.25) is 0 Å². The minimum absolute atomic E-state index is 0.537. The molecule has 0 amide bonds. The molecule has 0 radical (unpaired) electrons. The van der Waals surface area contributed by atoms with Crippen molar-refractivity contribution in [1.82, 2.24) is 15.2 Å². The highest BCUT2D eigenvalue weighted by atomic mass is 32.1. The Morgan fingerprint density at radius 1 is 1.47 bits per heavy atom. The van der Waals surface area contributed by atoms with Gasteiger partial charge in [0, 0.05) is 30.1 Å². The van der Waals surface area contributed by atoms with E-state index in [4.69, 9.17) is 0 Å². The molecule has 1 aliphatic heterocycles. The summed E-state index contributed by atoms with van der Waals surface area (Å²) < 4.78 is 0. The summed E-state index contributed by atoms with van der Waals surface area (Å²) in [6.07, 6.45) is 7.14. The predicted octanol–water partition coefficient (Wildman–Crippen LogP) is 3.10. The highest BCUT2D eigenvalue weighted by Crippen LogP contribution is 2.18. The van der Waals surface area contributed by atoms with Gasteiger partial charge in [0.1, 0.15) is 0 Å². The predicted molar refractivity (Wildman–Crippen MR) is 82.9 cm³/mol. The van der Waals surface area contributed by atoms with Crippen LogP contribution >= 0.6 is 11.3 Å². The Hall–Kier alpha value is -0.450. The molecule has 0 aliphatic carbocycles. The highest BCUT2D eigenvalue weighted by Gasteiger charge is 2.17. The Morgan fingerprint density at radius 2 is 2.37 bits per heavy atom. The van der Waals surface area contributed by atoms with Gasteiger partial charge in [-0.25, -0.2) is 4.98 Å².